The van der Waals surface area contributed by atoms with E-state index in [2.05, 4.69) is 26.5 Å². The molecule has 2 aromatic rings. The fourth-order valence-corrected chi connectivity index (χ4v) is 3.80. The van der Waals surface area contributed by atoms with Crippen molar-refractivity contribution >= 4 is 17.3 Å². The third-order valence-corrected chi connectivity index (χ3v) is 4.74. The van der Waals surface area contributed by atoms with E-state index >= 15 is 0 Å². The van der Waals surface area contributed by atoms with Crippen molar-refractivity contribution in [3.05, 3.63) is 18.6 Å². The second kappa shape index (κ2) is 4.65. The van der Waals surface area contributed by atoms with E-state index < -0.39 is 0 Å². The van der Waals surface area contributed by atoms with Crippen molar-refractivity contribution in [3.63, 3.8) is 0 Å². The van der Waals surface area contributed by atoms with Crippen molar-refractivity contribution in [1.29, 1.82) is 0 Å². The number of hydrogen-bond donors (Lipinski definition) is 1. The van der Waals surface area contributed by atoms with Crippen LogP contribution in [0.4, 0.5) is 11.6 Å². The molecule has 0 amide bonds. The van der Waals surface area contributed by atoms with Gasteiger partial charge in [0.05, 0.1) is 6.20 Å². The van der Waals surface area contributed by atoms with Gasteiger partial charge in [0, 0.05) is 32.0 Å². The average Bonchev–Trinajstić information content (AvgIpc) is 3.12. The number of nitrogens with zero attached hydrogens (tertiary/aromatic N) is 4. The number of anilines is 2. The highest BCUT2D eigenvalue weighted by Gasteiger charge is 2.37. The lowest BCUT2D eigenvalue weighted by Crippen LogP contribution is -2.23. The summed E-state index contributed by atoms with van der Waals surface area (Å²) in [5, 5.41) is 3.32. The van der Waals surface area contributed by atoms with Crippen LogP contribution in [0.25, 0.3) is 5.65 Å². The van der Waals surface area contributed by atoms with Gasteiger partial charge in [-0.25, -0.2) is 9.97 Å². The predicted molar refractivity (Wildman–Crippen MR) is 80.2 cm³/mol. The molecular weight excluding hydrogens is 250 g/mol. The second-order valence-electron chi connectivity index (χ2n) is 5.99. The van der Waals surface area contributed by atoms with E-state index in [4.69, 9.17) is 4.98 Å². The van der Waals surface area contributed by atoms with Crippen LogP contribution in [0.3, 0.4) is 0 Å². The first kappa shape index (κ1) is 12.0. The summed E-state index contributed by atoms with van der Waals surface area (Å²) in [6.07, 6.45) is 10.1. The van der Waals surface area contributed by atoms with Crippen molar-refractivity contribution in [3.8, 4) is 0 Å². The topological polar surface area (TPSA) is 45.5 Å². The molecule has 5 heteroatoms. The molecule has 2 atom stereocenters. The third kappa shape index (κ3) is 1.84. The van der Waals surface area contributed by atoms with E-state index in [9.17, 15) is 0 Å². The summed E-state index contributed by atoms with van der Waals surface area (Å²) in [6.45, 7) is 5.28. The van der Waals surface area contributed by atoms with Gasteiger partial charge in [0.1, 0.15) is 5.82 Å². The van der Waals surface area contributed by atoms with Crippen molar-refractivity contribution in [2.24, 2.45) is 11.8 Å². The largest absolute Gasteiger partial charge is 0.369 e. The maximum absolute atomic E-state index is 4.80. The Morgan fingerprint density at radius 1 is 1.30 bits per heavy atom. The number of aromatic nitrogens is 3. The van der Waals surface area contributed by atoms with Crippen LogP contribution in [0.1, 0.15) is 26.2 Å². The van der Waals surface area contributed by atoms with Gasteiger partial charge < -0.3 is 14.6 Å². The van der Waals surface area contributed by atoms with Crippen LogP contribution in [-0.4, -0.2) is 34.0 Å². The monoisotopic (exact) mass is 271 g/mol. The van der Waals surface area contributed by atoms with Crippen molar-refractivity contribution in [2.45, 2.75) is 26.2 Å². The van der Waals surface area contributed by atoms with Gasteiger partial charge in [-0.1, -0.05) is 6.42 Å². The van der Waals surface area contributed by atoms with E-state index in [1.807, 2.05) is 18.6 Å². The van der Waals surface area contributed by atoms with Crippen molar-refractivity contribution in [1.82, 2.24) is 14.4 Å². The molecule has 1 aliphatic heterocycles. The Hall–Kier alpha value is -1.78. The Kier molecular flexibility index (Phi) is 2.79. The number of fused-ring (bicyclic) bond motifs is 2. The molecule has 2 unspecified atom stereocenters. The van der Waals surface area contributed by atoms with E-state index in [1.165, 1.54) is 19.3 Å². The molecule has 0 radical (unpaired) electrons. The van der Waals surface area contributed by atoms with E-state index in [-0.39, 0.29) is 0 Å². The van der Waals surface area contributed by atoms with Gasteiger partial charge >= 0.3 is 0 Å². The quantitative estimate of drug-likeness (QED) is 0.931. The molecule has 106 valence electrons. The molecule has 2 aliphatic rings. The smallest absolute Gasteiger partial charge is 0.180 e. The maximum Gasteiger partial charge on any atom is 0.180 e. The molecule has 3 heterocycles. The van der Waals surface area contributed by atoms with E-state index in [1.54, 1.807) is 0 Å². The standard InChI is InChI=1S/C15H21N5/c1-2-16-13-10-19-7-6-17-14(19)15(18-13)20-8-11-4-3-5-12(11)9-20/h6-7,10-12,16H,2-5,8-9H2,1H3. The van der Waals surface area contributed by atoms with Crippen LogP contribution in [0.2, 0.25) is 0 Å². The molecule has 5 nitrogen and oxygen atoms in total. The lowest BCUT2D eigenvalue weighted by molar-refractivity contribution is 0.494. The van der Waals surface area contributed by atoms with Gasteiger partial charge in [0.15, 0.2) is 11.5 Å². The summed E-state index contributed by atoms with van der Waals surface area (Å²) in [6, 6.07) is 0. The van der Waals surface area contributed by atoms with Crippen LogP contribution in [0.15, 0.2) is 18.6 Å². The van der Waals surface area contributed by atoms with Crippen molar-refractivity contribution < 1.29 is 0 Å². The fraction of sp³-hybridized carbons (Fsp3) is 0.600. The first-order valence-electron chi connectivity index (χ1n) is 7.67. The molecule has 1 saturated carbocycles. The molecule has 2 fully saturated rings. The number of imidazole rings is 1. The molecule has 1 N–H and O–H groups in total. The summed E-state index contributed by atoms with van der Waals surface area (Å²) >= 11 is 0. The highest BCUT2D eigenvalue weighted by atomic mass is 15.3. The third-order valence-electron chi connectivity index (χ3n) is 4.74. The normalized spacial score (nSPS) is 25.4. The fourth-order valence-electron chi connectivity index (χ4n) is 3.80. The molecule has 0 spiro atoms. The van der Waals surface area contributed by atoms with Crippen LogP contribution in [0.5, 0.6) is 0 Å². The molecule has 0 bridgehead atoms. The SMILES string of the molecule is CCNc1cn2ccnc2c(N2CC3CCCC3C2)n1. The van der Waals surface area contributed by atoms with Gasteiger partial charge in [-0.05, 0) is 31.6 Å². The Morgan fingerprint density at radius 2 is 2.10 bits per heavy atom. The first-order valence-corrected chi connectivity index (χ1v) is 7.67. The first-order chi connectivity index (χ1) is 9.85. The van der Waals surface area contributed by atoms with Crippen LogP contribution < -0.4 is 10.2 Å². The van der Waals surface area contributed by atoms with Gasteiger partial charge in [-0.3, -0.25) is 0 Å². The van der Waals surface area contributed by atoms with Gasteiger partial charge in [-0.15, -0.1) is 0 Å². The summed E-state index contributed by atoms with van der Waals surface area (Å²) in [7, 11) is 0. The lowest BCUT2D eigenvalue weighted by Gasteiger charge is -2.20. The Balaban J connectivity index is 1.72. The van der Waals surface area contributed by atoms with E-state index in [0.29, 0.717) is 0 Å². The minimum atomic E-state index is 0.870. The zero-order valence-electron chi connectivity index (χ0n) is 11.9. The molecule has 2 aromatic heterocycles. The highest BCUT2D eigenvalue weighted by Crippen LogP contribution is 2.39. The lowest BCUT2D eigenvalue weighted by atomic mass is 10.0. The Labute approximate surface area is 119 Å². The number of hydrogen-bond acceptors (Lipinski definition) is 4. The summed E-state index contributed by atoms with van der Waals surface area (Å²) in [5.41, 5.74) is 0.978. The highest BCUT2D eigenvalue weighted by molar-refractivity contribution is 5.67. The van der Waals surface area contributed by atoms with Crippen LogP contribution in [0, 0.1) is 11.8 Å². The van der Waals surface area contributed by atoms with Gasteiger partial charge in [0.25, 0.3) is 0 Å². The maximum atomic E-state index is 4.80. The van der Waals surface area contributed by atoms with Crippen LogP contribution >= 0.6 is 0 Å². The molecule has 20 heavy (non-hydrogen) atoms. The summed E-state index contributed by atoms with van der Waals surface area (Å²) in [5.74, 6) is 3.72. The van der Waals surface area contributed by atoms with Gasteiger partial charge in [-0.2, -0.15) is 0 Å². The average molecular weight is 271 g/mol. The molecular formula is C15H21N5. The van der Waals surface area contributed by atoms with Crippen molar-refractivity contribution in [2.75, 3.05) is 29.9 Å². The van der Waals surface area contributed by atoms with Gasteiger partial charge in [0.2, 0.25) is 0 Å². The predicted octanol–water partition coefficient (Wildman–Crippen LogP) is 2.40. The molecule has 1 aliphatic carbocycles. The van der Waals surface area contributed by atoms with Crippen LogP contribution in [-0.2, 0) is 0 Å². The second-order valence-corrected chi connectivity index (χ2v) is 5.99. The van der Waals surface area contributed by atoms with E-state index in [0.717, 1.165) is 48.8 Å². The molecule has 1 saturated heterocycles. The summed E-state index contributed by atoms with van der Waals surface area (Å²) in [4.78, 5) is 11.7. The minimum absolute atomic E-state index is 0.870. The zero-order chi connectivity index (χ0) is 13.5. The minimum Gasteiger partial charge on any atom is -0.369 e. The summed E-state index contributed by atoms with van der Waals surface area (Å²) < 4.78 is 2.08. The Bertz CT molecular complexity index is 608. The Morgan fingerprint density at radius 3 is 2.85 bits per heavy atom. The number of nitrogens with one attached hydrogen (secondary N) is 1. The molecule has 0 aromatic carbocycles. The number of rotatable bonds is 3. The molecule has 4 rings (SSSR count). The zero-order valence-corrected chi connectivity index (χ0v) is 11.9.